The molecule has 1 aromatic heterocycles. The van der Waals surface area contributed by atoms with Crippen molar-refractivity contribution in [1.29, 1.82) is 0 Å². The van der Waals surface area contributed by atoms with E-state index < -0.39 is 0 Å². The molecule has 5 heteroatoms. The summed E-state index contributed by atoms with van der Waals surface area (Å²) in [5, 5.41) is 7.82. The lowest BCUT2D eigenvalue weighted by atomic mass is 10.2. The first-order valence-electron chi connectivity index (χ1n) is 6.54. The SMILES string of the molecule is Nc1cc(-c2ccccc2)nn1C1=NCCCCN1. The molecule has 0 fully saturated rings. The van der Waals surface area contributed by atoms with Crippen LogP contribution in [0.1, 0.15) is 12.8 Å². The van der Waals surface area contributed by atoms with Crippen LogP contribution in [-0.4, -0.2) is 28.8 Å². The van der Waals surface area contributed by atoms with Gasteiger partial charge in [-0.1, -0.05) is 30.3 Å². The number of rotatable bonds is 1. The number of anilines is 1. The van der Waals surface area contributed by atoms with E-state index in [1.54, 1.807) is 4.68 Å². The van der Waals surface area contributed by atoms with Gasteiger partial charge in [0.1, 0.15) is 5.82 Å². The lowest BCUT2D eigenvalue weighted by Crippen LogP contribution is -2.31. The second-order valence-corrected chi connectivity index (χ2v) is 4.57. The summed E-state index contributed by atoms with van der Waals surface area (Å²) in [6.45, 7) is 1.74. The summed E-state index contributed by atoms with van der Waals surface area (Å²) in [4.78, 5) is 4.49. The minimum atomic E-state index is 0.604. The van der Waals surface area contributed by atoms with Crippen molar-refractivity contribution in [3.8, 4) is 11.3 Å². The Balaban J connectivity index is 1.95. The van der Waals surface area contributed by atoms with Gasteiger partial charge in [-0.05, 0) is 12.8 Å². The van der Waals surface area contributed by atoms with Gasteiger partial charge in [-0.2, -0.15) is 9.78 Å². The smallest absolute Gasteiger partial charge is 0.221 e. The fourth-order valence-corrected chi connectivity index (χ4v) is 2.13. The predicted molar refractivity (Wildman–Crippen MR) is 77.0 cm³/mol. The number of nitrogens with zero attached hydrogens (tertiary/aromatic N) is 3. The average molecular weight is 255 g/mol. The van der Waals surface area contributed by atoms with Crippen LogP contribution in [0.4, 0.5) is 5.82 Å². The fraction of sp³-hybridized carbons (Fsp3) is 0.286. The summed E-state index contributed by atoms with van der Waals surface area (Å²) in [5.41, 5.74) is 7.97. The van der Waals surface area contributed by atoms with E-state index >= 15 is 0 Å². The second kappa shape index (κ2) is 5.14. The lowest BCUT2D eigenvalue weighted by molar-refractivity contribution is 0.743. The maximum atomic E-state index is 6.04. The molecule has 1 aliphatic heterocycles. The van der Waals surface area contributed by atoms with Crippen LogP contribution in [0, 0.1) is 0 Å². The number of nitrogens with one attached hydrogen (secondary N) is 1. The summed E-state index contributed by atoms with van der Waals surface area (Å²) in [5.74, 6) is 1.35. The lowest BCUT2D eigenvalue weighted by Gasteiger charge is -2.07. The first kappa shape index (κ1) is 11.8. The van der Waals surface area contributed by atoms with E-state index in [2.05, 4.69) is 15.4 Å². The molecule has 0 aliphatic carbocycles. The van der Waals surface area contributed by atoms with Gasteiger partial charge in [-0.15, -0.1) is 0 Å². The van der Waals surface area contributed by atoms with Crippen molar-refractivity contribution in [2.45, 2.75) is 12.8 Å². The zero-order valence-corrected chi connectivity index (χ0v) is 10.7. The molecule has 0 amide bonds. The van der Waals surface area contributed by atoms with Crippen molar-refractivity contribution in [3.63, 3.8) is 0 Å². The molecule has 0 spiro atoms. The normalized spacial score (nSPS) is 15.5. The van der Waals surface area contributed by atoms with Gasteiger partial charge in [0.25, 0.3) is 0 Å². The number of nitrogen functional groups attached to an aromatic ring is 1. The van der Waals surface area contributed by atoms with Gasteiger partial charge in [0.2, 0.25) is 5.96 Å². The van der Waals surface area contributed by atoms with E-state index in [1.165, 1.54) is 0 Å². The minimum Gasteiger partial charge on any atom is -0.383 e. The molecular formula is C14H17N5. The van der Waals surface area contributed by atoms with Crippen LogP contribution < -0.4 is 11.1 Å². The van der Waals surface area contributed by atoms with Crippen LogP contribution in [0.2, 0.25) is 0 Å². The quantitative estimate of drug-likeness (QED) is 0.815. The third-order valence-corrected chi connectivity index (χ3v) is 3.14. The molecule has 3 N–H and O–H groups in total. The fourth-order valence-electron chi connectivity index (χ4n) is 2.13. The average Bonchev–Trinajstić information content (AvgIpc) is 2.66. The van der Waals surface area contributed by atoms with Crippen LogP contribution in [0.25, 0.3) is 11.3 Å². The number of aromatic nitrogens is 2. The molecule has 0 atom stereocenters. The zero-order chi connectivity index (χ0) is 13.1. The highest BCUT2D eigenvalue weighted by molar-refractivity contribution is 5.85. The maximum Gasteiger partial charge on any atom is 0.221 e. The van der Waals surface area contributed by atoms with Gasteiger partial charge in [0.05, 0.1) is 5.69 Å². The first-order chi connectivity index (χ1) is 9.34. The molecule has 3 rings (SSSR count). The van der Waals surface area contributed by atoms with E-state index in [-0.39, 0.29) is 0 Å². The van der Waals surface area contributed by atoms with Crippen LogP contribution in [0.5, 0.6) is 0 Å². The topological polar surface area (TPSA) is 68.2 Å². The summed E-state index contributed by atoms with van der Waals surface area (Å²) < 4.78 is 1.69. The monoisotopic (exact) mass is 255 g/mol. The molecule has 0 saturated carbocycles. The van der Waals surface area contributed by atoms with Gasteiger partial charge >= 0.3 is 0 Å². The molecule has 1 aromatic carbocycles. The summed E-state index contributed by atoms with van der Waals surface area (Å²) >= 11 is 0. The number of hydrogen-bond acceptors (Lipinski definition) is 4. The van der Waals surface area contributed by atoms with Gasteiger partial charge in [0, 0.05) is 24.7 Å². The van der Waals surface area contributed by atoms with Crippen molar-refractivity contribution in [3.05, 3.63) is 36.4 Å². The van der Waals surface area contributed by atoms with Crippen LogP contribution >= 0.6 is 0 Å². The second-order valence-electron chi connectivity index (χ2n) is 4.57. The Labute approximate surface area is 112 Å². The Kier molecular flexibility index (Phi) is 3.18. The highest BCUT2D eigenvalue weighted by Gasteiger charge is 2.12. The minimum absolute atomic E-state index is 0.604. The zero-order valence-electron chi connectivity index (χ0n) is 10.7. The van der Waals surface area contributed by atoms with Crippen molar-refractivity contribution >= 4 is 11.8 Å². The molecule has 0 bridgehead atoms. The Morgan fingerprint density at radius 3 is 2.84 bits per heavy atom. The van der Waals surface area contributed by atoms with E-state index in [0.717, 1.165) is 43.1 Å². The van der Waals surface area contributed by atoms with Crippen molar-refractivity contribution in [2.75, 3.05) is 18.8 Å². The highest BCUT2D eigenvalue weighted by atomic mass is 15.4. The van der Waals surface area contributed by atoms with Gasteiger partial charge in [-0.3, -0.25) is 4.99 Å². The third-order valence-electron chi connectivity index (χ3n) is 3.14. The van der Waals surface area contributed by atoms with Crippen LogP contribution in [0.15, 0.2) is 41.4 Å². The molecule has 1 aliphatic rings. The number of benzene rings is 1. The van der Waals surface area contributed by atoms with Gasteiger partial charge in [0.15, 0.2) is 0 Å². The molecule has 2 heterocycles. The summed E-state index contributed by atoms with van der Waals surface area (Å²) in [7, 11) is 0. The largest absolute Gasteiger partial charge is 0.383 e. The molecule has 19 heavy (non-hydrogen) atoms. The van der Waals surface area contributed by atoms with Crippen molar-refractivity contribution in [2.24, 2.45) is 4.99 Å². The van der Waals surface area contributed by atoms with E-state index in [0.29, 0.717) is 5.82 Å². The van der Waals surface area contributed by atoms with E-state index in [1.807, 2.05) is 36.4 Å². The van der Waals surface area contributed by atoms with Crippen molar-refractivity contribution < 1.29 is 0 Å². The summed E-state index contributed by atoms with van der Waals surface area (Å²) in [6, 6.07) is 11.9. The Bertz CT molecular complexity index is 585. The predicted octanol–water partition coefficient (Wildman–Crippen LogP) is 1.72. The van der Waals surface area contributed by atoms with E-state index in [4.69, 9.17) is 5.73 Å². The Morgan fingerprint density at radius 2 is 2.00 bits per heavy atom. The van der Waals surface area contributed by atoms with Gasteiger partial charge < -0.3 is 11.1 Å². The molecule has 2 aromatic rings. The standard InChI is InChI=1S/C14H17N5/c15-13-10-12(11-6-2-1-3-7-11)18-19(13)14-16-8-4-5-9-17-14/h1-3,6-7,10H,4-5,8-9,15H2,(H,16,17). The number of nitrogens with two attached hydrogens (primary N) is 1. The molecule has 0 unspecified atom stereocenters. The third kappa shape index (κ3) is 2.45. The Hall–Kier alpha value is -2.30. The molecule has 5 nitrogen and oxygen atoms in total. The molecular weight excluding hydrogens is 238 g/mol. The maximum absolute atomic E-state index is 6.04. The first-order valence-corrected chi connectivity index (χ1v) is 6.54. The summed E-state index contributed by atoms with van der Waals surface area (Å²) in [6.07, 6.45) is 2.23. The van der Waals surface area contributed by atoms with Crippen LogP contribution in [0.3, 0.4) is 0 Å². The number of aliphatic imine (C=N–C) groups is 1. The van der Waals surface area contributed by atoms with E-state index in [9.17, 15) is 0 Å². The molecule has 0 saturated heterocycles. The molecule has 98 valence electrons. The highest BCUT2D eigenvalue weighted by Crippen LogP contribution is 2.19. The van der Waals surface area contributed by atoms with Crippen LogP contribution in [-0.2, 0) is 0 Å². The number of hydrogen-bond donors (Lipinski definition) is 2. The van der Waals surface area contributed by atoms with Gasteiger partial charge in [-0.25, -0.2) is 0 Å². The Morgan fingerprint density at radius 1 is 1.16 bits per heavy atom. The molecule has 0 radical (unpaired) electrons. The van der Waals surface area contributed by atoms with Crippen molar-refractivity contribution in [1.82, 2.24) is 15.1 Å².